The summed E-state index contributed by atoms with van der Waals surface area (Å²) in [6.07, 6.45) is 8.45. The van der Waals surface area contributed by atoms with Crippen LogP contribution in [-0.4, -0.2) is 11.9 Å². The molecule has 1 aliphatic rings. The van der Waals surface area contributed by atoms with Crippen LogP contribution in [0.4, 0.5) is 0 Å². The number of rotatable bonds is 5. The molecule has 16 heavy (non-hydrogen) atoms. The normalized spacial score (nSPS) is 23.5. The molecule has 1 fully saturated rings. The van der Waals surface area contributed by atoms with Crippen molar-refractivity contribution >= 4 is 11.9 Å². The summed E-state index contributed by atoms with van der Waals surface area (Å²) in [5, 5.41) is 0. The Morgan fingerprint density at radius 1 is 1.25 bits per heavy atom. The lowest BCUT2D eigenvalue weighted by atomic mass is 9.97. The number of ketones is 1. The van der Waals surface area contributed by atoms with E-state index in [0.717, 1.165) is 12.8 Å². The number of hydrogen-bond acceptors (Lipinski definition) is 3. The van der Waals surface area contributed by atoms with Crippen molar-refractivity contribution in [1.29, 1.82) is 0 Å². The van der Waals surface area contributed by atoms with Crippen LogP contribution < -0.4 is 0 Å². The van der Waals surface area contributed by atoms with Crippen LogP contribution in [0.25, 0.3) is 0 Å². The van der Waals surface area contributed by atoms with Crippen LogP contribution in [0.2, 0.25) is 0 Å². The van der Waals surface area contributed by atoms with Crippen molar-refractivity contribution in [3.05, 3.63) is 0 Å². The lowest BCUT2D eigenvalue weighted by Crippen LogP contribution is -2.05. The first-order valence-corrected chi connectivity index (χ1v) is 6.21. The molecule has 0 amide bonds. The standard InChI is InChI=1S/C12H22O.CO2/c1-3-5-6-7-11-8-10(4-2)9-12(11)13;2-1-3/h10-11H,3-9H2,1-2H3;. The van der Waals surface area contributed by atoms with Crippen LogP contribution in [0.5, 0.6) is 0 Å². The molecule has 0 bridgehead atoms. The first kappa shape index (κ1) is 15.0. The van der Waals surface area contributed by atoms with Crippen LogP contribution in [0.15, 0.2) is 0 Å². The maximum absolute atomic E-state index is 11.5. The van der Waals surface area contributed by atoms with Gasteiger partial charge in [-0.05, 0) is 18.8 Å². The lowest BCUT2D eigenvalue weighted by molar-refractivity contribution is -0.191. The molecule has 3 heteroatoms. The van der Waals surface area contributed by atoms with Crippen LogP contribution in [0.3, 0.4) is 0 Å². The molecule has 1 rings (SSSR count). The largest absolute Gasteiger partial charge is 0.373 e. The molecule has 3 nitrogen and oxygen atoms in total. The van der Waals surface area contributed by atoms with Gasteiger partial charge in [-0.2, -0.15) is 9.59 Å². The van der Waals surface area contributed by atoms with Gasteiger partial charge in [-0.3, -0.25) is 4.79 Å². The van der Waals surface area contributed by atoms with Crippen molar-refractivity contribution in [2.75, 3.05) is 0 Å². The van der Waals surface area contributed by atoms with Crippen LogP contribution in [-0.2, 0) is 14.4 Å². The summed E-state index contributed by atoms with van der Waals surface area (Å²) in [6.45, 7) is 4.41. The lowest BCUT2D eigenvalue weighted by Gasteiger charge is -2.07. The maximum Gasteiger partial charge on any atom is 0.373 e. The van der Waals surface area contributed by atoms with Crippen LogP contribution >= 0.6 is 0 Å². The maximum atomic E-state index is 11.5. The van der Waals surface area contributed by atoms with E-state index in [-0.39, 0.29) is 6.15 Å². The summed E-state index contributed by atoms with van der Waals surface area (Å²) >= 11 is 0. The molecule has 0 aliphatic heterocycles. The molecule has 0 spiro atoms. The third-order valence-electron chi connectivity index (χ3n) is 3.30. The molecule has 1 aliphatic carbocycles. The number of carbonyl (C=O) groups is 1. The Hall–Kier alpha value is -0.950. The van der Waals surface area contributed by atoms with Crippen molar-refractivity contribution in [2.45, 2.75) is 58.8 Å². The highest BCUT2D eigenvalue weighted by atomic mass is 16.2. The van der Waals surface area contributed by atoms with E-state index in [1.54, 1.807) is 0 Å². The van der Waals surface area contributed by atoms with Gasteiger partial charge in [0.15, 0.2) is 0 Å². The van der Waals surface area contributed by atoms with Gasteiger partial charge < -0.3 is 0 Å². The second-order valence-corrected chi connectivity index (χ2v) is 4.46. The molecule has 0 aromatic heterocycles. The molecule has 92 valence electrons. The van der Waals surface area contributed by atoms with E-state index in [9.17, 15) is 4.79 Å². The van der Waals surface area contributed by atoms with Gasteiger partial charge in [-0.15, -0.1) is 0 Å². The summed E-state index contributed by atoms with van der Waals surface area (Å²) < 4.78 is 0. The third kappa shape index (κ3) is 5.82. The van der Waals surface area contributed by atoms with Gasteiger partial charge in [0.05, 0.1) is 0 Å². The molecular weight excluding hydrogens is 204 g/mol. The quantitative estimate of drug-likeness (QED) is 0.677. The summed E-state index contributed by atoms with van der Waals surface area (Å²) in [4.78, 5) is 27.8. The summed E-state index contributed by atoms with van der Waals surface area (Å²) in [5.41, 5.74) is 0. The average molecular weight is 226 g/mol. The Morgan fingerprint density at radius 2 is 1.88 bits per heavy atom. The number of carbonyl (C=O) groups excluding carboxylic acids is 3. The zero-order valence-electron chi connectivity index (χ0n) is 10.3. The van der Waals surface area contributed by atoms with Crippen molar-refractivity contribution in [3.63, 3.8) is 0 Å². The van der Waals surface area contributed by atoms with Crippen molar-refractivity contribution in [1.82, 2.24) is 0 Å². The molecule has 0 radical (unpaired) electrons. The van der Waals surface area contributed by atoms with Gasteiger partial charge in [0, 0.05) is 12.3 Å². The third-order valence-corrected chi connectivity index (χ3v) is 3.30. The summed E-state index contributed by atoms with van der Waals surface area (Å²) in [6, 6.07) is 0. The number of hydrogen-bond donors (Lipinski definition) is 0. The smallest absolute Gasteiger partial charge is 0.299 e. The Kier molecular flexibility index (Phi) is 8.74. The Bertz CT molecular complexity index is 229. The molecule has 0 N–H and O–H groups in total. The fourth-order valence-electron chi connectivity index (χ4n) is 2.30. The molecule has 2 unspecified atom stereocenters. The average Bonchev–Trinajstić information content (AvgIpc) is 2.61. The fraction of sp³-hybridized carbons (Fsp3) is 0.846. The Labute approximate surface area is 97.6 Å². The molecule has 0 aromatic rings. The molecule has 0 aromatic carbocycles. The van der Waals surface area contributed by atoms with Gasteiger partial charge in [0.25, 0.3) is 0 Å². The van der Waals surface area contributed by atoms with E-state index in [0.29, 0.717) is 17.6 Å². The number of Topliss-reactive ketones (excluding diaryl/α,β-unsaturated/α-hetero) is 1. The molecule has 2 atom stereocenters. The monoisotopic (exact) mass is 226 g/mol. The van der Waals surface area contributed by atoms with Gasteiger partial charge in [0.1, 0.15) is 5.78 Å². The molecule has 1 saturated carbocycles. The van der Waals surface area contributed by atoms with Crippen molar-refractivity contribution < 1.29 is 14.4 Å². The van der Waals surface area contributed by atoms with Gasteiger partial charge in [-0.25, -0.2) is 0 Å². The van der Waals surface area contributed by atoms with Gasteiger partial charge in [-0.1, -0.05) is 39.5 Å². The highest BCUT2D eigenvalue weighted by Crippen LogP contribution is 2.33. The van der Waals surface area contributed by atoms with Gasteiger partial charge in [0.2, 0.25) is 0 Å². The first-order valence-electron chi connectivity index (χ1n) is 6.21. The second-order valence-electron chi connectivity index (χ2n) is 4.46. The minimum atomic E-state index is 0.250. The topological polar surface area (TPSA) is 51.2 Å². The van der Waals surface area contributed by atoms with Crippen molar-refractivity contribution in [2.24, 2.45) is 11.8 Å². The summed E-state index contributed by atoms with van der Waals surface area (Å²) in [7, 11) is 0. The minimum Gasteiger partial charge on any atom is -0.299 e. The SMILES string of the molecule is CCCCCC1CC(CC)CC1=O.O=C=O. The molecule has 0 saturated heterocycles. The van der Waals surface area contributed by atoms with E-state index in [1.165, 1.54) is 32.1 Å². The highest BCUT2D eigenvalue weighted by Gasteiger charge is 2.30. The molecule has 0 heterocycles. The minimum absolute atomic E-state index is 0.250. The van der Waals surface area contributed by atoms with E-state index in [1.807, 2.05) is 0 Å². The molecular formula is C13H22O3. The van der Waals surface area contributed by atoms with E-state index in [4.69, 9.17) is 9.59 Å². The fourth-order valence-corrected chi connectivity index (χ4v) is 2.30. The predicted octanol–water partition coefficient (Wildman–Crippen LogP) is 2.99. The van der Waals surface area contributed by atoms with Crippen molar-refractivity contribution in [3.8, 4) is 0 Å². The van der Waals surface area contributed by atoms with E-state index >= 15 is 0 Å². The first-order chi connectivity index (χ1) is 7.69. The second kappa shape index (κ2) is 9.29. The zero-order valence-corrected chi connectivity index (χ0v) is 10.3. The number of unbranched alkanes of at least 4 members (excludes halogenated alkanes) is 2. The zero-order chi connectivity index (χ0) is 12.4. The Balaban J connectivity index is 0.000000673. The van der Waals surface area contributed by atoms with E-state index in [2.05, 4.69) is 13.8 Å². The Morgan fingerprint density at radius 3 is 2.31 bits per heavy atom. The van der Waals surface area contributed by atoms with Gasteiger partial charge >= 0.3 is 6.15 Å². The highest BCUT2D eigenvalue weighted by molar-refractivity contribution is 5.83. The predicted molar refractivity (Wildman–Crippen MR) is 60.7 cm³/mol. The van der Waals surface area contributed by atoms with E-state index < -0.39 is 0 Å². The van der Waals surface area contributed by atoms with Crippen LogP contribution in [0.1, 0.15) is 58.8 Å². The summed E-state index contributed by atoms with van der Waals surface area (Å²) in [5.74, 6) is 1.68. The van der Waals surface area contributed by atoms with Crippen LogP contribution in [0, 0.1) is 11.8 Å².